The van der Waals surface area contributed by atoms with Gasteiger partial charge in [-0.2, -0.15) is 0 Å². The Bertz CT molecular complexity index is 820. The number of piperidine rings is 1. The molecule has 0 aromatic heterocycles. The maximum atomic E-state index is 12.2. The summed E-state index contributed by atoms with van der Waals surface area (Å²) in [6.07, 6.45) is 8.04. The number of hydrogen-bond donors (Lipinski definition) is 3. The van der Waals surface area contributed by atoms with Gasteiger partial charge in [-0.05, 0) is 37.3 Å². The van der Waals surface area contributed by atoms with Gasteiger partial charge in [0.15, 0.2) is 0 Å². The number of aromatic hydroxyl groups is 1. The van der Waals surface area contributed by atoms with Crippen LogP contribution in [-0.2, 0) is 11.8 Å². The highest BCUT2D eigenvalue weighted by Crippen LogP contribution is 2.61. The van der Waals surface area contributed by atoms with Gasteiger partial charge >= 0.3 is 0 Å². The summed E-state index contributed by atoms with van der Waals surface area (Å²) in [5.41, 5.74) is 6.38. The van der Waals surface area contributed by atoms with Crippen molar-refractivity contribution in [1.29, 1.82) is 0 Å². The van der Waals surface area contributed by atoms with Crippen molar-refractivity contribution < 1.29 is 19.5 Å². The van der Waals surface area contributed by atoms with Crippen molar-refractivity contribution >= 4 is 5.91 Å². The predicted molar refractivity (Wildman–Crippen MR) is 102 cm³/mol. The van der Waals surface area contributed by atoms with Gasteiger partial charge in [-0.3, -0.25) is 4.79 Å². The van der Waals surface area contributed by atoms with Crippen LogP contribution in [0.5, 0.6) is 5.75 Å². The third-order valence-electron chi connectivity index (χ3n) is 8.39. The van der Waals surface area contributed by atoms with Crippen molar-refractivity contribution in [1.82, 2.24) is 0 Å². The molecule has 5 nitrogen and oxygen atoms in total. The van der Waals surface area contributed by atoms with E-state index in [4.69, 9.17) is 5.73 Å². The van der Waals surface area contributed by atoms with Gasteiger partial charge in [-0.1, -0.05) is 18.9 Å². The number of carbonyl (C=O) groups is 1. The molecule has 4 unspecified atom stereocenters. The van der Waals surface area contributed by atoms with E-state index in [-0.39, 0.29) is 17.4 Å². The van der Waals surface area contributed by atoms with Crippen LogP contribution in [0.2, 0.25) is 0 Å². The van der Waals surface area contributed by atoms with Crippen molar-refractivity contribution in [2.24, 2.45) is 11.7 Å². The van der Waals surface area contributed by atoms with Crippen LogP contribution in [0.4, 0.5) is 0 Å². The Morgan fingerprint density at radius 1 is 1.26 bits per heavy atom. The van der Waals surface area contributed by atoms with Crippen LogP contribution in [0.3, 0.4) is 0 Å². The number of aliphatic hydroxyl groups is 1. The monoisotopic (exact) mass is 371 g/mol. The molecule has 1 amide bonds. The number of phenols is 1. The topological polar surface area (TPSA) is 83.5 Å². The number of benzene rings is 1. The van der Waals surface area contributed by atoms with Gasteiger partial charge in [0.25, 0.3) is 5.91 Å². The van der Waals surface area contributed by atoms with Crippen LogP contribution in [-0.4, -0.2) is 52.4 Å². The van der Waals surface area contributed by atoms with Gasteiger partial charge < -0.3 is 20.4 Å². The Balaban J connectivity index is 1.71. The lowest BCUT2D eigenvalue weighted by atomic mass is 9.48. The maximum absolute atomic E-state index is 12.2. The zero-order valence-corrected chi connectivity index (χ0v) is 16.2. The summed E-state index contributed by atoms with van der Waals surface area (Å²) >= 11 is 0. The highest BCUT2D eigenvalue weighted by atomic mass is 16.3. The molecule has 1 heterocycles. The second kappa shape index (κ2) is 5.48. The molecule has 4 aliphatic rings. The van der Waals surface area contributed by atoms with Crippen molar-refractivity contribution in [3.05, 3.63) is 28.8 Å². The van der Waals surface area contributed by atoms with Crippen molar-refractivity contribution in [3.8, 4) is 5.75 Å². The Morgan fingerprint density at radius 3 is 2.70 bits per heavy atom. The smallest absolute Gasteiger partial charge is 0.252 e. The number of amides is 1. The number of quaternary nitrogens is 1. The lowest BCUT2D eigenvalue weighted by Crippen LogP contribution is -2.77. The molecule has 4 N–H and O–H groups in total. The fourth-order valence-corrected chi connectivity index (χ4v) is 6.93. The average Bonchev–Trinajstić information content (AvgIpc) is 3.42. The van der Waals surface area contributed by atoms with Crippen LogP contribution >= 0.6 is 0 Å². The van der Waals surface area contributed by atoms with Gasteiger partial charge in [0.1, 0.15) is 17.4 Å². The highest BCUT2D eigenvalue weighted by Gasteiger charge is 2.69. The summed E-state index contributed by atoms with van der Waals surface area (Å²) in [6, 6.07) is 3.81. The molecule has 0 spiro atoms. The number of likely N-dealkylation sites (N-methyl/N-ethyl adjacent to an activating group) is 1. The van der Waals surface area contributed by atoms with Crippen LogP contribution in [0.25, 0.3) is 0 Å². The van der Waals surface area contributed by atoms with Gasteiger partial charge in [-0.25, -0.2) is 0 Å². The van der Waals surface area contributed by atoms with E-state index in [1.807, 2.05) is 6.07 Å². The second-order valence-electron chi connectivity index (χ2n) is 9.87. The van der Waals surface area contributed by atoms with E-state index in [9.17, 15) is 15.0 Å². The molecule has 3 fully saturated rings. The van der Waals surface area contributed by atoms with Crippen molar-refractivity contribution in [2.45, 2.75) is 68.4 Å². The van der Waals surface area contributed by atoms with E-state index in [0.29, 0.717) is 0 Å². The third-order valence-corrected chi connectivity index (χ3v) is 8.39. The number of fused-ring (bicyclic) bond motifs is 1. The SMILES string of the molecule is C[N+]1(CC2CC2)CCC23CCCCC2(O)C1Cc1ccc(C(N)=O)c(O)c13. The number of rotatable bonds is 3. The molecule has 2 saturated carbocycles. The van der Waals surface area contributed by atoms with Crippen LogP contribution < -0.4 is 5.73 Å². The van der Waals surface area contributed by atoms with Crippen molar-refractivity contribution in [2.75, 3.05) is 20.1 Å². The Labute approximate surface area is 160 Å². The molecule has 5 rings (SSSR count). The van der Waals surface area contributed by atoms with Crippen LogP contribution in [0.15, 0.2) is 12.1 Å². The van der Waals surface area contributed by atoms with E-state index in [2.05, 4.69) is 7.05 Å². The second-order valence-corrected chi connectivity index (χ2v) is 9.87. The maximum Gasteiger partial charge on any atom is 0.252 e. The summed E-state index contributed by atoms with van der Waals surface area (Å²) in [4.78, 5) is 11.8. The first-order valence-corrected chi connectivity index (χ1v) is 10.5. The molecule has 1 saturated heterocycles. The minimum atomic E-state index is -0.812. The molecule has 3 aliphatic carbocycles. The molecule has 146 valence electrons. The first-order chi connectivity index (χ1) is 12.8. The van der Waals surface area contributed by atoms with Gasteiger partial charge in [0.2, 0.25) is 0 Å². The largest absolute Gasteiger partial charge is 0.507 e. The fourth-order valence-electron chi connectivity index (χ4n) is 6.93. The van der Waals surface area contributed by atoms with Crippen LogP contribution in [0.1, 0.15) is 66.4 Å². The molecule has 1 aliphatic heterocycles. The third kappa shape index (κ3) is 2.21. The number of nitrogens with zero attached hydrogens (tertiary/aromatic N) is 1. The van der Waals surface area contributed by atoms with E-state index in [1.54, 1.807) is 6.07 Å². The number of nitrogens with two attached hydrogens (primary N) is 1. The van der Waals surface area contributed by atoms with Gasteiger partial charge in [0.05, 0.1) is 25.7 Å². The molecule has 27 heavy (non-hydrogen) atoms. The summed E-state index contributed by atoms with van der Waals surface area (Å²) < 4.78 is 0.945. The van der Waals surface area contributed by atoms with E-state index in [0.717, 1.165) is 73.1 Å². The lowest BCUT2D eigenvalue weighted by molar-refractivity contribution is -0.950. The zero-order valence-electron chi connectivity index (χ0n) is 16.2. The van der Waals surface area contributed by atoms with Crippen LogP contribution in [0, 0.1) is 5.92 Å². The standard InChI is InChI=1S/C22H30N2O3/c1-24(13-14-4-5-14)11-10-21-8-2-3-9-22(21,27)17(24)12-15-6-7-16(20(23)26)19(25)18(15)21/h6-7,14,17,27H,2-5,8-13H2,1H3,(H2-,23,25,26)/p+1. The summed E-state index contributed by atoms with van der Waals surface area (Å²) in [7, 11) is 2.34. The average molecular weight is 372 g/mol. The Morgan fingerprint density at radius 2 is 2.00 bits per heavy atom. The molecule has 2 bridgehead atoms. The summed E-state index contributed by atoms with van der Waals surface area (Å²) in [5, 5.41) is 23.2. The highest BCUT2D eigenvalue weighted by molar-refractivity contribution is 5.96. The normalized spacial score (nSPS) is 40.1. The first-order valence-electron chi connectivity index (χ1n) is 10.5. The van der Waals surface area contributed by atoms with Gasteiger partial charge in [-0.15, -0.1) is 0 Å². The number of likely N-dealkylation sites (tertiary alicyclic amines) is 1. The molecular formula is C22H31N2O3+. The minimum Gasteiger partial charge on any atom is -0.507 e. The molecule has 0 radical (unpaired) electrons. The predicted octanol–water partition coefficient (Wildman–Crippen LogP) is 2.22. The van der Waals surface area contributed by atoms with E-state index < -0.39 is 16.9 Å². The van der Waals surface area contributed by atoms with Crippen molar-refractivity contribution in [3.63, 3.8) is 0 Å². The zero-order chi connectivity index (χ0) is 19.0. The first kappa shape index (κ1) is 17.5. The number of carbonyl (C=O) groups excluding carboxylic acids is 1. The molecular weight excluding hydrogens is 340 g/mol. The Hall–Kier alpha value is -1.59. The fraction of sp³-hybridized carbons (Fsp3) is 0.682. The lowest BCUT2D eigenvalue weighted by Gasteiger charge is -2.65. The quantitative estimate of drug-likeness (QED) is 0.713. The number of primary amides is 1. The molecule has 5 heteroatoms. The summed E-state index contributed by atoms with van der Waals surface area (Å²) in [6.45, 7) is 2.19. The molecule has 1 aromatic rings. The van der Waals surface area contributed by atoms with E-state index in [1.165, 1.54) is 12.8 Å². The Kier molecular flexibility index (Phi) is 3.55. The minimum absolute atomic E-state index is 0.0251. The summed E-state index contributed by atoms with van der Waals surface area (Å²) in [5.74, 6) is 0.233. The van der Waals surface area contributed by atoms with Gasteiger partial charge in [0, 0.05) is 29.7 Å². The molecule has 1 aromatic carbocycles. The molecule has 4 atom stereocenters. The van der Waals surface area contributed by atoms with E-state index >= 15 is 0 Å². The number of hydrogen-bond acceptors (Lipinski definition) is 3.